The van der Waals surface area contributed by atoms with Crippen LogP contribution >= 0.6 is 0 Å². The predicted octanol–water partition coefficient (Wildman–Crippen LogP) is 6.77. The number of ether oxygens (including phenoxy) is 2. The molecule has 2 amide bonds. The van der Waals surface area contributed by atoms with Gasteiger partial charge < -0.3 is 25.2 Å². The molecule has 2 saturated heterocycles. The van der Waals surface area contributed by atoms with E-state index in [-0.39, 0.29) is 36.5 Å². The lowest BCUT2D eigenvalue weighted by Gasteiger charge is -2.44. The maximum absolute atomic E-state index is 12.5. The molecule has 6 rings (SSSR count). The van der Waals surface area contributed by atoms with Crippen LogP contribution in [0.3, 0.4) is 0 Å². The number of hydrogen-bond acceptors (Lipinski definition) is 7. The number of hydrogen-bond donors (Lipinski definition) is 3. The zero-order valence-corrected chi connectivity index (χ0v) is 31.8. The summed E-state index contributed by atoms with van der Waals surface area (Å²) in [4.78, 5) is 28.6. The second kappa shape index (κ2) is 19.8. The SMILES string of the molecule is CC(=O)NCCCCCC(=O)NCc1cccc(-c2cccc([C@@H]3O[C@H](CN4CCN(Cc5ccccc5)CC4)[C@H](C)[C@H](c4ccc(CO)cc4)O3)c2)c1. The Morgan fingerprint density at radius 3 is 2.17 bits per heavy atom. The van der Waals surface area contributed by atoms with Crippen LogP contribution in [0.4, 0.5) is 0 Å². The molecule has 0 aromatic heterocycles. The summed E-state index contributed by atoms with van der Waals surface area (Å²) >= 11 is 0. The second-order valence-corrected chi connectivity index (χ2v) is 14.8. The van der Waals surface area contributed by atoms with E-state index in [9.17, 15) is 14.7 Å². The van der Waals surface area contributed by atoms with Gasteiger partial charge in [0, 0.05) is 77.2 Å². The number of rotatable bonds is 16. The third kappa shape index (κ3) is 11.3. The van der Waals surface area contributed by atoms with Gasteiger partial charge in [0.05, 0.1) is 18.8 Å². The number of benzene rings is 4. The van der Waals surface area contributed by atoms with Gasteiger partial charge >= 0.3 is 0 Å². The number of piperazine rings is 1. The molecule has 4 aromatic carbocycles. The fraction of sp³-hybridized carbons (Fsp3) is 0.422. The molecule has 0 aliphatic carbocycles. The van der Waals surface area contributed by atoms with Gasteiger partial charge in [-0.15, -0.1) is 0 Å². The Kier molecular flexibility index (Phi) is 14.4. The lowest BCUT2D eigenvalue weighted by atomic mass is 9.89. The van der Waals surface area contributed by atoms with Crippen molar-refractivity contribution < 1.29 is 24.2 Å². The van der Waals surface area contributed by atoms with E-state index in [1.54, 1.807) is 0 Å². The Labute approximate surface area is 320 Å². The van der Waals surface area contributed by atoms with Crippen molar-refractivity contribution in [3.63, 3.8) is 0 Å². The van der Waals surface area contributed by atoms with Crippen molar-refractivity contribution in [2.24, 2.45) is 5.92 Å². The molecule has 0 saturated carbocycles. The van der Waals surface area contributed by atoms with Crippen molar-refractivity contribution in [2.75, 3.05) is 39.3 Å². The summed E-state index contributed by atoms with van der Waals surface area (Å²) in [5.74, 6) is 0.125. The molecule has 54 heavy (non-hydrogen) atoms. The average molecular weight is 733 g/mol. The smallest absolute Gasteiger partial charge is 0.220 e. The summed E-state index contributed by atoms with van der Waals surface area (Å²) in [6.45, 7) is 10.7. The van der Waals surface area contributed by atoms with Crippen molar-refractivity contribution >= 4 is 11.8 Å². The molecule has 4 atom stereocenters. The summed E-state index contributed by atoms with van der Waals surface area (Å²) in [5.41, 5.74) is 7.43. The van der Waals surface area contributed by atoms with E-state index in [0.29, 0.717) is 19.5 Å². The molecule has 286 valence electrons. The van der Waals surface area contributed by atoms with E-state index in [0.717, 1.165) is 91.9 Å². The fourth-order valence-corrected chi connectivity index (χ4v) is 7.42. The Morgan fingerprint density at radius 1 is 0.722 bits per heavy atom. The van der Waals surface area contributed by atoms with Crippen LogP contribution in [-0.2, 0) is 38.8 Å². The van der Waals surface area contributed by atoms with E-state index in [4.69, 9.17) is 9.47 Å². The zero-order valence-electron chi connectivity index (χ0n) is 31.8. The first-order valence-electron chi connectivity index (χ1n) is 19.5. The third-order valence-electron chi connectivity index (χ3n) is 10.6. The lowest BCUT2D eigenvalue weighted by molar-refractivity contribution is -0.276. The highest BCUT2D eigenvalue weighted by atomic mass is 16.7. The molecule has 2 heterocycles. The first-order valence-corrected chi connectivity index (χ1v) is 19.5. The minimum Gasteiger partial charge on any atom is -0.392 e. The van der Waals surface area contributed by atoms with Crippen LogP contribution in [0.2, 0.25) is 0 Å². The van der Waals surface area contributed by atoms with Crippen molar-refractivity contribution in [1.82, 2.24) is 20.4 Å². The van der Waals surface area contributed by atoms with Gasteiger partial charge in [0.15, 0.2) is 6.29 Å². The average Bonchev–Trinajstić information content (AvgIpc) is 3.20. The minimum absolute atomic E-state index is 0.00839. The predicted molar refractivity (Wildman–Crippen MR) is 212 cm³/mol. The first-order chi connectivity index (χ1) is 26.3. The van der Waals surface area contributed by atoms with E-state index in [1.807, 2.05) is 24.3 Å². The van der Waals surface area contributed by atoms with E-state index in [2.05, 4.69) is 106 Å². The van der Waals surface area contributed by atoms with Gasteiger partial charge in [0.1, 0.15) is 0 Å². The number of carbonyl (C=O) groups is 2. The maximum Gasteiger partial charge on any atom is 0.220 e. The summed E-state index contributed by atoms with van der Waals surface area (Å²) in [7, 11) is 0. The molecule has 0 unspecified atom stereocenters. The molecule has 4 aromatic rings. The van der Waals surface area contributed by atoms with Crippen LogP contribution in [0.15, 0.2) is 103 Å². The Morgan fingerprint density at radius 2 is 1.43 bits per heavy atom. The zero-order chi connectivity index (χ0) is 37.7. The quantitative estimate of drug-likeness (QED) is 0.109. The van der Waals surface area contributed by atoms with Crippen molar-refractivity contribution in [2.45, 2.75) is 77.7 Å². The summed E-state index contributed by atoms with van der Waals surface area (Å²) < 4.78 is 13.7. The second-order valence-electron chi connectivity index (χ2n) is 14.8. The topological polar surface area (TPSA) is 103 Å². The van der Waals surface area contributed by atoms with Gasteiger partial charge in [-0.05, 0) is 58.4 Å². The lowest BCUT2D eigenvalue weighted by Crippen LogP contribution is -2.51. The highest BCUT2D eigenvalue weighted by molar-refractivity contribution is 5.76. The summed E-state index contributed by atoms with van der Waals surface area (Å²) in [6.07, 6.45) is 2.28. The van der Waals surface area contributed by atoms with Crippen molar-refractivity contribution in [3.05, 3.63) is 131 Å². The molecule has 0 radical (unpaired) electrons. The van der Waals surface area contributed by atoms with E-state index in [1.165, 1.54) is 12.5 Å². The van der Waals surface area contributed by atoms with Crippen LogP contribution < -0.4 is 10.6 Å². The molecule has 2 aliphatic heterocycles. The number of amides is 2. The van der Waals surface area contributed by atoms with Crippen LogP contribution in [0.5, 0.6) is 0 Å². The standard InChI is InChI=1S/C45H56N4O5/c1-33-42(31-49-25-23-48(24-26-49)30-35-11-5-3-6-12-35)53-45(54-44(33)38-20-18-36(32-50)19-21-38)41-16-10-15-40(28-41)39-14-9-13-37(27-39)29-47-43(52)17-7-4-8-22-46-34(2)51/h3,5-6,9-16,18-21,27-28,33,42,44-45,50H,4,7-8,17,22-26,29-32H2,1-2H3,(H,46,51)(H,47,52)/t33-,42+,44+,45+/m0/s1. The largest absolute Gasteiger partial charge is 0.392 e. The molecule has 3 N–H and O–H groups in total. The third-order valence-corrected chi connectivity index (χ3v) is 10.6. The van der Waals surface area contributed by atoms with E-state index >= 15 is 0 Å². The van der Waals surface area contributed by atoms with Crippen molar-refractivity contribution in [1.29, 1.82) is 0 Å². The van der Waals surface area contributed by atoms with Gasteiger partial charge in [-0.3, -0.25) is 19.4 Å². The molecule has 2 fully saturated rings. The molecule has 0 spiro atoms. The number of unbranched alkanes of at least 4 members (excludes halogenated alkanes) is 2. The Hall–Kier alpha value is -4.38. The molecule has 9 nitrogen and oxygen atoms in total. The van der Waals surface area contributed by atoms with Crippen LogP contribution in [-0.4, -0.2) is 72.1 Å². The number of aliphatic hydroxyl groups excluding tert-OH is 1. The highest BCUT2D eigenvalue weighted by Crippen LogP contribution is 2.42. The van der Waals surface area contributed by atoms with Gasteiger partial charge in [0.25, 0.3) is 0 Å². The molecular formula is C45H56N4O5. The first kappa shape index (κ1) is 39.3. The summed E-state index contributed by atoms with van der Waals surface area (Å²) in [5, 5.41) is 15.5. The molecular weight excluding hydrogens is 677 g/mol. The Balaban J connectivity index is 1.10. The minimum atomic E-state index is -0.547. The number of carbonyl (C=O) groups excluding carboxylic acids is 2. The van der Waals surface area contributed by atoms with Crippen LogP contribution in [0.1, 0.15) is 79.7 Å². The maximum atomic E-state index is 12.5. The van der Waals surface area contributed by atoms with Crippen molar-refractivity contribution in [3.8, 4) is 11.1 Å². The van der Waals surface area contributed by atoms with Gasteiger partial charge in [-0.2, -0.15) is 0 Å². The fourth-order valence-electron chi connectivity index (χ4n) is 7.42. The van der Waals surface area contributed by atoms with Crippen LogP contribution in [0.25, 0.3) is 11.1 Å². The van der Waals surface area contributed by atoms with E-state index < -0.39 is 6.29 Å². The van der Waals surface area contributed by atoms with Crippen LogP contribution in [0, 0.1) is 5.92 Å². The number of nitrogens with one attached hydrogen (secondary N) is 2. The molecule has 0 bridgehead atoms. The van der Waals surface area contributed by atoms with Gasteiger partial charge in [0.2, 0.25) is 11.8 Å². The number of nitrogens with zero attached hydrogens (tertiary/aromatic N) is 2. The highest BCUT2D eigenvalue weighted by Gasteiger charge is 2.39. The molecule has 9 heteroatoms. The number of aliphatic hydroxyl groups is 1. The monoisotopic (exact) mass is 732 g/mol. The summed E-state index contributed by atoms with van der Waals surface area (Å²) in [6, 6.07) is 35.5. The van der Waals surface area contributed by atoms with Gasteiger partial charge in [-0.1, -0.05) is 104 Å². The normalized spacial score (nSPS) is 20.7. The Bertz CT molecular complexity index is 1780. The van der Waals surface area contributed by atoms with Gasteiger partial charge in [-0.25, -0.2) is 0 Å². The molecule has 2 aliphatic rings.